The minimum Gasteiger partial charge on any atom is -0.496 e. The summed E-state index contributed by atoms with van der Waals surface area (Å²) in [5, 5.41) is 3.29. The van der Waals surface area contributed by atoms with E-state index in [1.165, 1.54) is 5.56 Å². The van der Waals surface area contributed by atoms with Gasteiger partial charge in [0.15, 0.2) is 0 Å². The van der Waals surface area contributed by atoms with E-state index in [1.54, 1.807) is 13.3 Å². The second kappa shape index (κ2) is 5.23. The summed E-state index contributed by atoms with van der Waals surface area (Å²) in [4.78, 5) is 4.41. The first-order valence-electron chi connectivity index (χ1n) is 5.96. The number of aromatic nitrogens is 2. The quantitative estimate of drug-likeness (QED) is 0.896. The van der Waals surface area contributed by atoms with Crippen molar-refractivity contribution in [3.05, 3.63) is 47.5 Å². The minimum atomic E-state index is 0.0283. The van der Waals surface area contributed by atoms with Gasteiger partial charge in [-0.05, 0) is 25.6 Å². The van der Waals surface area contributed by atoms with E-state index in [0.29, 0.717) is 0 Å². The monoisotopic (exact) mass is 245 g/mol. The zero-order valence-electron chi connectivity index (χ0n) is 11.3. The molecule has 0 saturated carbocycles. The van der Waals surface area contributed by atoms with Gasteiger partial charge in [-0.1, -0.05) is 12.1 Å². The van der Waals surface area contributed by atoms with Gasteiger partial charge in [0.05, 0.1) is 13.2 Å². The maximum atomic E-state index is 5.47. The van der Waals surface area contributed by atoms with Crippen LogP contribution < -0.4 is 10.1 Å². The molecule has 1 heterocycles. The van der Waals surface area contributed by atoms with Crippen molar-refractivity contribution in [2.45, 2.75) is 13.0 Å². The Morgan fingerprint density at radius 2 is 2.17 bits per heavy atom. The Balaban J connectivity index is 2.48. The summed E-state index contributed by atoms with van der Waals surface area (Å²) in [5.74, 6) is 1.86. The van der Waals surface area contributed by atoms with E-state index < -0.39 is 0 Å². The number of aryl methyl sites for hydroxylation is 2. The molecule has 0 aliphatic carbocycles. The van der Waals surface area contributed by atoms with E-state index in [9.17, 15) is 0 Å². The highest BCUT2D eigenvalue weighted by molar-refractivity contribution is 5.41. The van der Waals surface area contributed by atoms with Crippen molar-refractivity contribution in [1.29, 1.82) is 0 Å². The molecule has 1 unspecified atom stereocenters. The molecule has 0 saturated heterocycles. The van der Waals surface area contributed by atoms with Crippen LogP contribution in [0.2, 0.25) is 0 Å². The van der Waals surface area contributed by atoms with Crippen molar-refractivity contribution in [1.82, 2.24) is 14.9 Å². The number of imidazole rings is 1. The normalized spacial score (nSPS) is 12.4. The van der Waals surface area contributed by atoms with E-state index in [-0.39, 0.29) is 6.04 Å². The molecular formula is C14H19N3O. The molecule has 0 amide bonds. The molecule has 4 heteroatoms. The zero-order valence-corrected chi connectivity index (χ0v) is 11.3. The summed E-state index contributed by atoms with van der Waals surface area (Å²) < 4.78 is 7.48. The molecule has 1 aromatic heterocycles. The average Bonchev–Trinajstić information content (AvgIpc) is 2.78. The Labute approximate surface area is 108 Å². The summed E-state index contributed by atoms with van der Waals surface area (Å²) in [6.07, 6.45) is 3.75. The number of hydrogen-bond acceptors (Lipinski definition) is 3. The molecule has 0 bridgehead atoms. The Hall–Kier alpha value is -1.81. The van der Waals surface area contributed by atoms with Gasteiger partial charge in [-0.15, -0.1) is 0 Å². The Bertz CT molecular complexity index is 534. The van der Waals surface area contributed by atoms with Gasteiger partial charge in [0.2, 0.25) is 0 Å². The number of nitrogens with zero attached hydrogens (tertiary/aromatic N) is 2. The molecule has 1 aromatic carbocycles. The van der Waals surface area contributed by atoms with Gasteiger partial charge in [-0.2, -0.15) is 0 Å². The zero-order chi connectivity index (χ0) is 13.1. The number of nitrogens with one attached hydrogen (secondary N) is 1. The highest BCUT2D eigenvalue weighted by atomic mass is 16.5. The van der Waals surface area contributed by atoms with Crippen molar-refractivity contribution in [2.75, 3.05) is 14.2 Å². The van der Waals surface area contributed by atoms with Crippen molar-refractivity contribution in [3.63, 3.8) is 0 Å². The smallest absolute Gasteiger partial charge is 0.130 e. The fourth-order valence-corrected chi connectivity index (χ4v) is 2.14. The van der Waals surface area contributed by atoms with Crippen LogP contribution in [0.3, 0.4) is 0 Å². The van der Waals surface area contributed by atoms with Crippen LogP contribution in [0.1, 0.15) is 23.0 Å². The molecule has 0 fully saturated rings. The molecule has 0 aliphatic heterocycles. The first kappa shape index (κ1) is 12.6. The van der Waals surface area contributed by atoms with E-state index in [0.717, 1.165) is 17.1 Å². The first-order valence-corrected chi connectivity index (χ1v) is 5.96. The molecule has 18 heavy (non-hydrogen) atoms. The van der Waals surface area contributed by atoms with E-state index in [2.05, 4.69) is 29.4 Å². The lowest BCUT2D eigenvalue weighted by atomic mass is 10.0. The summed E-state index contributed by atoms with van der Waals surface area (Å²) in [5.41, 5.74) is 2.28. The lowest BCUT2D eigenvalue weighted by molar-refractivity contribution is 0.403. The third kappa shape index (κ3) is 2.24. The summed E-state index contributed by atoms with van der Waals surface area (Å²) in [6, 6.07) is 6.25. The van der Waals surface area contributed by atoms with Crippen LogP contribution in [-0.2, 0) is 7.05 Å². The second-order valence-corrected chi connectivity index (χ2v) is 4.36. The molecule has 0 radical (unpaired) electrons. The maximum Gasteiger partial charge on any atom is 0.130 e. The van der Waals surface area contributed by atoms with Gasteiger partial charge in [0.25, 0.3) is 0 Å². The van der Waals surface area contributed by atoms with E-state index in [1.807, 2.05) is 30.9 Å². The molecule has 1 atom stereocenters. The summed E-state index contributed by atoms with van der Waals surface area (Å²) >= 11 is 0. The average molecular weight is 245 g/mol. The maximum absolute atomic E-state index is 5.47. The van der Waals surface area contributed by atoms with Gasteiger partial charge < -0.3 is 14.6 Å². The van der Waals surface area contributed by atoms with Gasteiger partial charge >= 0.3 is 0 Å². The molecule has 2 aromatic rings. The van der Waals surface area contributed by atoms with Crippen LogP contribution in [-0.4, -0.2) is 23.7 Å². The van der Waals surface area contributed by atoms with Gasteiger partial charge in [-0.3, -0.25) is 0 Å². The van der Waals surface area contributed by atoms with E-state index in [4.69, 9.17) is 4.74 Å². The number of hydrogen-bond donors (Lipinski definition) is 1. The van der Waals surface area contributed by atoms with Crippen molar-refractivity contribution < 1.29 is 4.74 Å². The highest BCUT2D eigenvalue weighted by Crippen LogP contribution is 2.29. The number of methoxy groups -OCH3 is 1. The van der Waals surface area contributed by atoms with Gasteiger partial charge in [-0.25, -0.2) is 4.98 Å². The van der Waals surface area contributed by atoms with Crippen LogP contribution in [0.4, 0.5) is 0 Å². The Morgan fingerprint density at radius 1 is 1.39 bits per heavy atom. The number of ether oxygens (including phenoxy) is 1. The van der Waals surface area contributed by atoms with Gasteiger partial charge in [0, 0.05) is 25.0 Å². The molecule has 2 rings (SSSR count). The third-order valence-electron chi connectivity index (χ3n) is 3.11. The summed E-state index contributed by atoms with van der Waals surface area (Å²) in [6.45, 7) is 2.06. The van der Waals surface area contributed by atoms with Gasteiger partial charge in [0.1, 0.15) is 11.6 Å². The van der Waals surface area contributed by atoms with Crippen LogP contribution in [0.25, 0.3) is 0 Å². The Morgan fingerprint density at radius 3 is 2.72 bits per heavy atom. The van der Waals surface area contributed by atoms with Crippen molar-refractivity contribution >= 4 is 0 Å². The number of rotatable bonds is 4. The predicted molar refractivity (Wildman–Crippen MR) is 71.8 cm³/mol. The van der Waals surface area contributed by atoms with Crippen LogP contribution >= 0.6 is 0 Å². The standard InChI is InChI=1S/C14H19N3O/c1-10-5-6-11(12(9-10)18-4)13(15-2)14-16-7-8-17(14)3/h5-9,13,15H,1-4H3. The fourth-order valence-electron chi connectivity index (χ4n) is 2.14. The predicted octanol–water partition coefficient (Wildman–Crippen LogP) is 2.05. The molecule has 0 aliphatic rings. The molecule has 1 N–H and O–H groups in total. The molecule has 0 spiro atoms. The SMILES string of the molecule is CNC(c1ccc(C)cc1OC)c1nccn1C. The first-order chi connectivity index (χ1) is 8.67. The topological polar surface area (TPSA) is 39.1 Å². The third-order valence-corrected chi connectivity index (χ3v) is 3.11. The number of benzene rings is 1. The molecule has 4 nitrogen and oxygen atoms in total. The van der Waals surface area contributed by atoms with Crippen LogP contribution in [0.5, 0.6) is 5.75 Å². The summed E-state index contributed by atoms with van der Waals surface area (Å²) in [7, 11) is 5.62. The van der Waals surface area contributed by atoms with Crippen LogP contribution in [0.15, 0.2) is 30.6 Å². The lowest BCUT2D eigenvalue weighted by Gasteiger charge is -2.19. The van der Waals surface area contributed by atoms with Crippen molar-refractivity contribution in [3.8, 4) is 5.75 Å². The van der Waals surface area contributed by atoms with Crippen LogP contribution in [0, 0.1) is 6.92 Å². The highest BCUT2D eigenvalue weighted by Gasteiger charge is 2.19. The fraction of sp³-hybridized carbons (Fsp3) is 0.357. The molecule has 96 valence electrons. The lowest BCUT2D eigenvalue weighted by Crippen LogP contribution is -2.21. The minimum absolute atomic E-state index is 0.0283. The van der Waals surface area contributed by atoms with E-state index >= 15 is 0 Å². The largest absolute Gasteiger partial charge is 0.496 e. The molecular weight excluding hydrogens is 226 g/mol. The Kier molecular flexibility index (Phi) is 3.67. The second-order valence-electron chi connectivity index (χ2n) is 4.36. The van der Waals surface area contributed by atoms with Crippen molar-refractivity contribution in [2.24, 2.45) is 7.05 Å².